The second-order valence-corrected chi connectivity index (χ2v) is 6.70. The minimum Gasteiger partial charge on any atom is -0.382 e. The van der Waals surface area contributed by atoms with Gasteiger partial charge in [-0.1, -0.05) is 23.7 Å². The predicted octanol–water partition coefficient (Wildman–Crippen LogP) is 4.40. The number of hydrogen-bond donors (Lipinski definition) is 2. The Morgan fingerprint density at radius 2 is 1.88 bits per heavy atom. The second kappa shape index (κ2) is 7.32. The van der Waals surface area contributed by atoms with E-state index in [1.54, 1.807) is 30.3 Å². The van der Waals surface area contributed by atoms with Gasteiger partial charge in [-0.15, -0.1) is 0 Å². The molecule has 1 aliphatic rings. The van der Waals surface area contributed by atoms with Gasteiger partial charge >= 0.3 is 0 Å². The molecule has 126 valence electrons. The summed E-state index contributed by atoms with van der Waals surface area (Å²) in [7, 11) is 2.12. The van der Waals surface area contributed by atoms with Gasteiger partial charge in [0.2, 0.25) is 0 Å². The number of halogens is 2. The van der Waals surface area contributed by atoms with E-state index in [0.29, 0.717) is 16.6 Å². The largest absolute Gasteiger partial charge is 0.382 e. The first-order chi connectivity index (χ1) is 11.5. The fourth-order valence-electron chi connectivity index (χ4n) is 3.03. The average molecular weight is 346 g/mol. The fourth-order valence-corrected chi connectivity index (χ4v) is 3.20. The third kappa shape index (κ3) is 3.77. The van der Waals surface area contributed by atoms with Crippen molar-refractivity contribution in [1.82, 2.24) is 4.90 Å². The van der Waals surface area contributed by atoms with Gasteiger partial charge in [0.15, 0.2) is 0 Å². The lowest BCUT2D eigenvalue weighted by atomic mass is 9.98. The molecule has 24 heavy (non-hydrogen) atoms. The molecule has 2 N–H and O–H groups in total. The van der Waals surface area contributed by atoms with Gasteiger partial charge in [-0.05, 0) is 63.3 Å². The summed E-state index contributed by atoms with van der Waals surface area (Å²) in [5.41, 5.74) is 1.89. The fraction of sp³-hybridized carbons (Fsp3) is 0.316. The quantitative estimate of drug-likeness (QED) is 0.806. The summed E-state index contributed by atoms with van der Waals surface area (Å²) < 4.78 is 14.1. The molecule has 1 saturated heterocycles. The normalized spacial score (nSPS) is 16.1. The van der Waals surface area contributed by atoms with E-state index in [9.17, 15) is 4.39 Å². The van der Waals surface area contributed by atoms with Gasteiger partial charge < -0.3 is 10.2 Å². The zero-order valence-corrected chi connectivity index (χ0v) is 14.4. The van der Waals surface area contributed by atoms with Gasteiger partial charge in [-0.25, -0.2) is 4.39 Å². The minimum atomic E-state index is -0.396. The van der Waals surface area contributed by atoms with Crippen molar-refractivity contribution in [2.45, 2.75) is 18.9 Å². The smallest absolute Gasteiger partial charge is 0.132 e. The zero-order valence-electron chi connectivity index (χ0n) is 13.7. The van der Waals surface area contributed by atoms with Crippen molar-refractivity contribution in [1.29, 1.82) is 5.41 Å². The van der Waals surface area contributed by atoms with Crippen LogP contribution < -0.4 is 5.32 Å². The number of rotatable bonds is 4. The molecule has 2 aromatic rings. The molecular weight excluding hydrogens is 325 g/mol. The summed E-state index contributed by atoms with van der Waals surface area (Å²) in [6.07, 6.45) is 2.09. The first kappa shape index (κ1) is 16.9. The van der Waals surface area contributed by atoms with E-state index in [2.05, 4.69) is 17.3 Å². The number of hydrogen-bond acceptors (Lipinski definition) is 3. The van der Waals surface area contributed by atoms with Crippen LogP contribution in [0.3, 0.4) is 0 Å². The Labute approximate surface area is 147 Å². The van der Waals surface area contributed by atoms with Gasteiger partial charge in [0.25, 0.3) is 0 Å². The maximum atomic E-state index is 14.1. The summed E-state index contributed by atoms with van der Waals surface area (Å²) >= 11 is 6.13. The zero-order chi connectivity index (χ0) is 17.1. The van der Waals surface area contributed by atoms with Gasteiger partial charge in [0.1, 0.15) is 5.82 Å². The van der Waals surface area contributed by atoms with Gasteiger partial charge in [-0.3, -0.25) is 5.41 Å². The van der Waals surface area contributed by atoms with E-state index in [1.807, 2.05) is 6.07 Å². The Morgan fingerprint density at radius 1 is 1.17 bits per heavy atom. The number of likely N-dealkylation sites (tertiary alicyclic amines) is 1. The van der Waals surface area contributed by atoms with Crippen LogP contribution in [0, 0.1) is 11.2 Å². The van der Waals surface area contributed by atoms with E-state index < -0.39 is 5.82 Å². The van der Waals surface area contributed by atoms with Crippen molar-refractivity contribution in [3.63, 3.8) is 0 Å². The molecule has 0 aromatic heterocycles. The average Bonchev–Trinajstić information content (AvgIpc) is 2.58. The number of piperidine rings is 1. The number of nitrogens with zero attached hydrogens (tertiary/aromatic N) is 1. The third-order valence-electron chi connectivity index (χ3n) is 4.47. The highest BCUT2D eigenvalue weighted by Crippen LogP contribution is 2.26. The number of benzene rings is 2. The summed E-state index contributed by atoms with van der Waals surface area (Å²) in [4.78, 5) is 2.31. The van der Waals surface area contributed by atoms with Crippen LogP contribution in [0.2, 0.25) is 5.02 Å². The van der Waals surface area contributed by atoms with Crippen LogP contribution in [-0.2, 0) is 0 Å². The highest BCUT2D eigenvalue weighted by Gasteiger charge is 2.19. The third-order valence-corrected chi connectivity index (χ3v) is 4.71. The van der Waals surface area contributed by atoms with Crippen molar-refractivity contribution < 1.29 is 4.39 Å². The van der Waals surface area contributed by atoms with E-state index in [1.165, 1.54) is 6.07 Å². The second-order valence-electron chi connectivity index (χ2n) is 6.27. The highest BCUT2D eigenvalue weighted by atomic mass is 35.5. The molecule has 0 unspecified atom stereocenters. The lowest BCUT2D eigenvalue weighted by Crippen LogP contribution is -2.37. The van der Waals surface area contributed by atoms with Crippen molar-refractivity contribution in [2.75, 3.05) is 25.5 Å². The number of nitrogens with one attached hydrogen (secondary N) is 2. The molecular formula is C19H21ClFN3. The van der Waals surface area contributed by atoms with Gasteiger partial charge in [-0.2, -0.15) is 0 Å². The minimum absolute atomic E-state index is 0.144. The van der Waals surface area contributed by atoms with E-state index in [4.69, 9.17) is 17.0 Å². The molecule has 0 aliphatic carbocycles. The Morgan fingerprint density at radius 3 is 2.58 bits per heavy atom. The van der Waals surface area contributed by atoms with E-state index in [0.717, 1.165) is 31.6 Å². The van der Waals surface area contributed by atoms with Crippen LogP contribution in [0.25, 0.3) is 0 Å². The molecule has 0 bridgehead atoms. The van der Waals surface area contributed by atoms with E-state index in [-0.39, 0.29) is 11.3 Å². The van der Waals surface area contributed by atoms with Crippen molar-refractivity contribution in [2.24, 2.45) is 0 Å². The van der Waals surface area contributed by atoms with Crippen LogP contribution in [0.1, 0.15) is 24.0 Å². The first-order valence-corrected chi connectivity index (χ1v) is 8.51. The molecule has 1 fully saturated rings. The van der Waals surface area contributed by atoms with Gasteiger partial charge in [0, 0.05) is 27.9 Å². The molecule has 1 heterocycles. The summed E-state index contributed by atoms with van der Waals surface area (Å²) in [6, 6.07) is 12.1. The Kier molecular flexibility index (Phi) is 5.17. The summed E-state index contributed by atoms with van der Waals surface area (Å²) in [6.45, 7) is 2.09. The molecule has 5 heteroatoms. The lowest BCUT2D eigenvalue weighted by molar-refractivity contribution is 0.264. The van der Waals surface area contributed by atoms with Crippen LogP contribution in [-0.4, -0.2) is 36.8 Å². The van der Waals surface area contributed by atoms with Gasteiger partial charge in [0.05, 0.1) is 5.71 Å². The molecule has 3 rings (SSSR count). The Hall–Kier alpha value is -1.91. The van der Waals surface area contributed by atoms with Crippen LogP contribution in [0.4, 0.5) is 10.1 Å². The van der Waals surface area contributed by atoms with Crippen molar-refractivity contribution in [3.8, 4) is 0 Å². The highest BCUT2D eigenvalue weighted by molar-refractivity contribution is 6.31. The standard InChI is InChI=1S/C19H21ClFN3/c1-24-10-8-14(9-11-24)23-18-7-6-13(20)12-16(18)19(22)15-4-2-3-5-17(15)21/h2-7,12,14,22-23H,8-11H2,1H3. The molecule has 1 aliphatic heterocycles. The molecule has 2 aromatic carbocycles. The maximum absolute atomic E-state index is 14.1. The van der Waals surface area contributed by atoms with Crippen LogP contribution in [0.5, 0.6) is 0 Å². The number of anilines is 1. The summed E-state index contributed by atoms with van der Waals surface area (Å²) in [5.74, 6) is -0.396. The van der Waals surface area contributed by atoms with Crippen LogP contribution >= 0.6 is 11.6 Å². The first-order valence-electron chi connectivity index (χ1n) is 8.13. The molecule has 0 saturated carbocycles. The predicted molar refractivity (Wildman–Crippen MR) is 97.9 cm³/mol. The molecule has 0 amide bonds. The van der Waals surface area contributed by atoms with Crippen molar-refractivity contribution in [3.05, 3.63) is 64.4 Å². The lowest BCUT2D eigenvalue weighted by Gasteiger charge is -2.30. The molecule has 0 spiro atoms. The van der Waals surface area contributed by atoms with Crippen molar-refractivity contribution >= 4 is 23.0 Å². The topological polar surface area (TPSA) is 39.1 Å². The monoisotopic (exact) mass is 345 g/mol. The van der Waals surface area contributed by atoms with Crippen LogP contribution in [0.15, 0.2) is 42.5 Å². The maximum Gasteiger partial charge on any atom is 0.132 e. The molecule has 3 nitrogen and oxygen atoms in total. The SMILES string of the molecule is CN1CCC(Nc2ccc(Cl)cc2C(=N)c2ccccc2F)CC1. The summed E-state index contributed by atoms with van der Waals surface area (Å²) in [5, 5.41) is 12.5. The molecule has 0 atom stereocenters. The Bertz CT molecular complexity index is 739. The molecule has 0 radical (unpaired) electrons. The van der Waals surface area contributed by atoms with E-state index >= 15 is 0 Å². The Balaban J connectivity index is 1.88.